The van der Waals surface area contributed by atoms with E-state index in [2.05, 4.69) is 25.3 Å². The van der Waals surface area contributed by atoms with Gasteiger partial charge >= 0.3 is 0 Å². The van der Waals surface area contributed by atoms with Crippen LogP contribution in [0.5, 0.6) is 0 Å². The van der Waals surface area contributed by atoms with Crippen molar-refractivity contribution >= 4 is 5.82 Å². The quantitative estimate of drug-likeness (QED) is 0.787. The van der Waals surface area contributed by atoms with Crippen LogP contribution in [-0.2, 0) is 0 Å². The van der Waals surface area contributed by atoms with E-state index in [9.17, 15) is 0 Å². The molecule has 0 radical (unpaired) electrons. The minimum absolute atomic E-state index is 0.677. The Balaban J connectivity index is 2.13. The average Bonchev–Trinajstić information content (AvgIpc) is 2.56. The number of aromatic nitrogens is 4. The second kappa shape index (κ2) is 5.44. The van der Waals surface area contributed by atoms with Gasteiger partial charge in [0.25, 0.3) is 0 Å². The minimum Gasteiger partial charge on any atom is -0.373 e. The van der Waals surface area contributed by atoms with Crippen molar-refractivity contribution in [1.82, 2.24) is 19.9 Å². The molecule has 0 saturated carbocycles. The first kappa shape index (κ1) is 12.2. The van der Waals surface area contributed by atoms with Crippen molar-refractivity contribution in [2.75, 3.05) is 12.4 Å². The van der Waals surface area contributed by atoms with Gasteiger partial charge in [0.2, 0.25) is 0 Å². The summed E-state index contributed by atoms with van der Waals surface area (Å²) in [6.07, 6.45) is 4.98. The van der Waals surface area contributed by atoms with Gasteiger partial charge in [0.15, 0.2) is 5.82 Å². The summed E-state index contributed by atoms with van der Waals surface area (Å²) in [5.74, 6) is 1.44. The van der Waals surface area contributed by atoms with Gasteiger partial charge in [0.1, 0.15) is 12.1 Å². The van der Waals surface area contributed by atoms with Crippen molar-refractivity contribution in [2.24, 2.45) is 0 Å². The Kier molecular flexibility index (Phi) is 3.33. The molecule has 0 atom stereocenters. The Morgan fingerprint density at radius 1 is 0.900 bits per heavy atom. The first-order valence-corrected chi connectivity index (χ1v) is 6.24. The molecule has 0 fully saturated rings. The molecular formula is C15H13N5. The highest BCUT2D eigenvalue weighted by Crippen LogP contribution is 2.23. The lowest BCUT2D eigenvalue weighted by Crippen LogP contribution is -1.99. The van der Waals surface area contributed by atoms with E-state index in [1.807, 2.05) is 43.4 Å². The van der Waals surface area contributed by atoms with Crippen LogP contribution in [0.25, 0.3) is 22.6 Å². The second-order valence-electron chi connectivity index (χ2n) is 4.21. The summed E-state index contributed by atoms with van der Waals surface area (Å²) >= 11 is 0. The maximum Gasteiger partial charge on any atom is 0.162 e. The molecule has 2 aromatic heterocycles. The van der Waals surface area contributed by atoms with Crippen LogP contribution < -0.4 is 5.32 Å². The molecular weight excluding hydrogens is 250 g/mol. The Hall–Kier alpha value is -2.82. The van der Waals surface area contributed by atoms with Gasteiger partial charge in [-0.2, -0.15) is 0 Å². The third-order valence-corrected chi connectivity index (χ3v) is 2.87. The number of rotatable bonds is 3. The van der Waals surface area contributed by atoms with Gasteiger partial charge in [-0.25, -0.2) is 19.9 Å². The summed E-state index contributed by atoms with van der Waals surface area (Å²) in [5.41, 5.74) is 2.63. The fourth-order valence-electron chi connectivity index (χ4n) is 1.87. The molecule has 3 aromatic rings. The molecule has 20 heavy (non-hydrogen) atoms. The van der Waals surface area contributed by atoms with E-state index >= 15 is 0 Å². The number of hydrogen-bond donors (Lipinski definition) is 1. The fraction of sp³-hybridized carbons (Fsp3) is 0.0667. The average molecular weight is 263 g/mol. The largest absolute Gasteiger partial charge is 0.373 e. The molecule has 5 heteroatoms. The lowest BCUT2D eigenvalue weighted by Gasteiger charge is -2.07. The number of nitrogens with zero attached hydrogens (tertiary/aromatic N) is 4. The summed E-state index contributed by atoms with van der Waals surface area (Å²) in [4.78, 5) is 17.1. The zero-order chi connectivity index (χ0) is 13.8. The van der Waals surface area contributed by atoms with E-state index in [1.54, 1.807) is 12.4 Å². The number of hydrogen-bond acceptors (Lipinski definition) is 5. The molecule has 0 aliphatic heterocycles. The lowest BCUT2D eigenvalue weighted by atomic mass is 10.2. The van der Waals surface area contributed by atoms with Crippen molar-refractivity contribution in [2.45, 2.75) is 0 Å². The Morgan fingerprint density at radius 2 is 1.65 bits per heavy atom. The first-order chi connectivity index (χ1) is 9.86. The van der Waals surface area contributed by atoms with Crippen molar-refractivity contribution in [3.63, 3.8) is 0 Å². The van der Waals surface area contributed by atoms with E-state index in [4.69, 9.17) is 0 Å². The topological polar surface area (TPSA) is 63.6 Å². The van der Waals surface area contributed by atoms with E-state index in [-0.39, 0.29) is 0 Å². The van der Waals surface area contributed by atoms with Crippen molar-refractivity contribution < 1.29 is 0 Å². The second-order valence-corrected chi connectivity index (χ2v) is 4.21. The van der Waals surface area contributed by atoms with Gasteiger partial charge in [-0.1, -0.05) is 30.3 Å². The fourth-order valence-corrected chi connectivity index (χ4v) is 1.87. The van der Waals surface area contributed by atoms with Crippen LogP contribution in [0.4, 0.5) is 5.82 Å². The normalized spacial score (nSPS) is 10.2. The SMILES string of the molecule is CNc1cc(-c2cncnc2)nc(-c2ccccc2)n1. The van der Waals surface area contributed by atoms with Gasteiger partial charge in [-0.3, -0.25) is 0 Å². The molecule has 5 nitrogen and oxygen atoms in total. The van der Waals surface area contributed by atoms with Crippen LogP contribution in [0.2, 0.25) is 0 Å². The Morgan fingerprint density at radius 3 is 2.35 bits per heavy atom. The van der Waals surface area contributed by atoms with E-state index < -0.39 is 0 Å². The molecule has 0 aliphatic carbocycles. The molecule has 0 aliphatic rings. The summed E-state index contributed by atoms with van der Waals surface area (Å²) in [5, 5.41) is 3.06. The van der Waals surface area contributed by atoms with Crippen LogP contribution in [0.1, 0.15) is 0 Å². The van der Waals surface area contributed by atoms with Gasteiger partial charge in [-0.15, -0.1) is 0 Å². The third kappa shape index (κ3) is 2.47. The summed E-state index contributed by atoms with van der Waals surface area (Å²) in [6, 6.07) is 11.8. The summed E-state index contributed by atoms with van der Waals surface area (Å²) < 4.78 is 0. The maximum atomic E-state index is 4.59. The lowest BCUT2D eigenvalue weighted by molar-refractivity contribution is 1.13. The minimum atomic E-state index is 0.677. The maximum absolute atomic E-state index is 4.59. The zero-order valence-electron chi connectivity index (χ0n) is 11.0. The van der Waals surface area contributed by atoms with E-state index in [0.29, 0.717) is 5.82 Å². The van der Waals surface area contributed by atoms with Crippen molar-refractivity contribution in [3.05, 3.63) is 55.1 Å². The molecule has 0 amide bonds. The molecule has 1 N–H and O–H groups in total. The third-order valence-electron chi connectivity index (χ3n) is 2.87. The molecule has 98 valence electrons. The molecule has 2 heterocycles. The first-order valence-electron chi connectivity index (χ1n) is 6.24. The van der Waals surface area contributed by atoms with E-state index in [0.717, 1.165) is 22.6 Å². The van der Waals surface area contributed by atoms with Crippen LogP contribution in [0.3, 0.4) is 0 Å². The number of anilines is 1. The van der Waals surface area contributed by atoms with Crippen LogP contribution >= 0.6 is 0 Å². The van der Waals surface area contributed by atoms with E-state index in [1.165, 1.54) is 6.33 Å². The summed E-state index contributed by atoms with van der Waals surface area (Å²) in [7, 11) is 1.84. The Bertz CT molecular complexity index is 640. The molecule has 0 unspecified atom stereocenters. The van der Waals surface area contributed by atoms with Gasteiger partial charge in [0.05, 0.1) is 5.69 Å². The molecule has 3 rings (SSSR count). The standard InChI is InChI=1S/C15H13N5/c1-16-14-7-13(12-8-17-10-18-9-12)19-15(20-14)11-5-3-2-4-6-11/h2-10H,1H3,(H,16,19,20). The van der Waals surface area contributed by atoms with Crippen LogP contribution in [0, 0.1) is 0 Å². The molecule has 0 saturated heterocycles. The monoisotopic (exact) mass is 263 g/mol. The molecule has 0 spiro atoms. The van der Waals surface area contributed by atoms with Gasteiger partial charge in [0, 0.05) is 36.6 Å². The number of nitrogens with one attached hydrogen (secondary N) is 1. The van der Waals surface area contributed by atoms with Crippen molar-refractivity contribution in [3.8, 4) is 22.6 Å². The highest BCUT2D eigenvalue weighted by Gasteiger charge is 2.08. The predicted molar refractivity (Wildman–Crippen MR) is 78.0 cm³/mol. The number of benzene rings is 1. The zero-order valence-corrected chi connectivity index (χ0v) is 11.0. The smallest absolute Gasteiger partial charge is 0.162 e. The summed E-state index contributed by atoms with van der Waals surface area (Å²) in [6.45, 7) is 0. The van der Waals surface area contributed by atoms with Gasteiger partial charge < -0.3 is 5.32 Å². The highest BCUT2D eigenvalue weighted by molar-refractivity contribution is 5.66. The molecule has 1 aromatic carbocycles. The highest BCUT2D eigenvalue weighted by atomic mass is 15.0. The van der Waals surface area contributed by atoms with Crippen LogP contribution in [-0.4, -0.2) is 27.0 Å². The van der Waals surface area contributed by atoms with Gasteiger partial charge in [-0.05, 0) is 0 Å². The van der Waals surface area contributed by atoms with Crippen molar-refractivity contribution in [1.29, 1.82) is 0 Å². The Labute approximate surface area is 116 Å². The van der Waals surface area contributed by atoms with Crippen LogP contribution in [0.15, 0.2) is 55.1 Å². The molecule has 0 bridgehead atoms. The predicted octanol–water partition coefficient (Wildman–Crippen LogP) is 2.64.